The predicted molar refractivity (Wildman–Crippen MR) is 60.9 cm³/mol. The van der Waals surface area contributed by atoms with E-state index in [-0.39, 0.29) is 5.75 Å². The van der Waals surface area contributed by atoms with Crippen LogP contribution >= 0.6 is 0 Å². The number of phenolic OH excluding ortho intramolecular Hbond substituents is 1. The molecule has 0 heterocycles. The summed E-state index contributed by atoms with van der Waals surface area (Å²) < 4.78 is 0. The fourth-order valence-electron chi connectivity index (χ4n) is 1.83. The first kappa shape index (κ1) is 9.99. The Morgan fingerprint density at radius 3 is 2.20 bits per heavy atom. The van der Waals surface area contributed by atoms with Crippen molar-refractivity contribution in [2.45, 2.75) is 19.4 Å². The number of hydrogen-bond acceptors (Lipinski definition) is 2. The molecule has 2 heteroatoms. The van der Waals surface area contributed by atoms with Crippen LogP contribution in [0.3, 0.4) is 0 Å². The standard InChI is InChI=1S/C13H14O2/c1-13(2,15)10-7-3-5-9-6-4-8-11(14)12(9)10/h3-8,14-15H,1-2H3. The second-order valence-corrected chi connectivity index (χ2v) is 4.24. The SMILES string of the molecule is CC(C)(O)c1cccc2cccc(O)c12. The highest BCUT2D eigenvalue weighted by Gasteiger charge is 2.19. The van der Waals surface area contributed by atoms with Gasteiger partial charge in [-0.3, -0.25) is 0 Å². The van der Waals surface area contributed by atoms with Gasteiger partial charge in [0, 0.05) is 5.39 Å². The molecule has 2 nitrogen and oxygen atoms in total. The van der Waals surface area contributed by atoms with Crippen LogP contribution in [0.5, 0.6) is 5.75 Å². The molecule has 0 saturated carbocycles. The lowest BCUT2D eigenvalue weighted by atomic mass is 9.92. The molecule has 0 aliphatic heterocycles. The van der Waals surface area contributed by atoms with E-state index in [9.17, 15) is 10.2 Å². The molecule has 0 aliphatic rings. The van der Waals surface area contributed by atoms with Gasteiger partial charge in [-0.2, -0.15) is 0 Å². The van der Waals surface area contributed by atoms with E-state index in [1.54, 1.807) is 26.0 Å². The van der Waals surface area contributed by atoms with E-state index < -0.39 is 5.60 Å². The molecule has 0 spiro atoms. The van der Waals surface area contributed by atoms with Crippen molar-refractivity contribution in [1.82, 2.24) is 0 Å². The molecule has 0 amide bonds. The minimum Gasteiger partial charge on any atom is -0.507 e. The van der Waals surface area contributed by atoms with Gasteiger partial charge in [0.05, 0.1) is 5.60 Å². The Bertz CT molecular complexity index is 490. The molecular formula is C13H14O2. The minimum atomic E-state index is -0.946. The normalized spacial score (nSPS) is 11.9. The van der Waals surface area contributed by atoms with E-state index in [4.69, 9.17) is 0 Å². The van der Waals surface area contributed by atoms with E-state index in [0.29, 0.717) is 0 Å². The van der Waals surface area contributed by atoms with Crippen molar-refractivity contribution in [3.05, 3.63) is 42.0 Å². The Labute approximate surface area is 88.8 Å². The Morgan fingerprint density at radius 2 is 1.60 bits per heavy atom. The summed E-state index contributed by atoms with van der Waals surface area (Å²) in [6, 6.07) is 11.0. The lowest BCUT2D eigenvalue weighted by molar-refractivity contribution is 0.0800. The summed E-state index contributed by atoms with van der Waals surface area (Å²) in [6.45, 7) is 3.43. The van der Waals surface area contributed by atoms with E-state index in [1.807, 2.05) is 24.3 Å². The average Bonchev–Trinajstić information content (AvgIpc) is 2.16. The lowest BCUT2D eigenvalue weighted by Gasteiger charge is -2.20. The third-order valence-electron chi connectivity index (χ3n) is 2.54. The molecule has 2 aromatic rings. The first-order chi connectivity index (χ1) is 7.00. The third-order valence-corrected chi connectivity index (χ3v) is 2.54. The van der Waals surface area contributed by atoms with Gasteiger partial charge in [0.15, 0.2) is 0 Å². The maximum absolute atomic E-state index is 10.0. The molecule has 0 aromatic heterocycles. The highest BCUT2D eigenvalue weighted by atomic mass is 16.3. The summed E-state index contributed by atoms with van der Waals surface area (Å²) >= 11 is 0. The Kier molecular flexibility index (Phi) is 2.16. The van der Waals surface area contributed by atoms with Crippen LogP contribution in [-0.2, 0) is 5.60 Å². The van der Waals surface area contributed by atoms with Gasteiger partial charge in [0.25, 0.3) is 0 Å². The smallest absolute Gasteiger partial charge is 0.123 e. The molecule has 0 fully saturated rings. The zero-order valence-electron chi connectivity index (χ0n) is 8.86. The second-order valence-electron chi connectivity index (χ2n) is 4.24. The fraction of sp³-hybridized carbons (Fsp3) is 0.231. The number of rotatable bonds is 1. The minimum absolute atomic E-state index is 0.213. The average molecular weight is 202 g/mol. The molecule has 0 saturated heterocycles. The van der Waals surface area contributed by atoms with Crippen molar-refractivity contribution in [1.29, 1.82) is 0 Å². The zero-order chi connectivity index (χ0) is 11.1. The predicted octanol–water partition coefficient (Wildman–Crippen LogP) is 2.77. The molecular weight excluding hydrogens is 188 g/mol. The zero-order valence-corrected chi connectivity index (χ0v) is 8.86. The molecule has 15 heavy (non-hydrogen) atoms. The van der Waals surface area contributed by atoms with Crippen LogP contribution in [0.1, 0.15) is 19.4 Å². The van der Waals surface area contributed by atoms with E-state index in [2.05, 4.69) is 0 Å². The van der Waals surface area contributed by atoms with Gasteiger partial charge in [-0.25, -0.2) is 0 Å². The summed E-state index contributed by atoms with van der Waals surface area (Å²) in [6.07, 6.45) is 0. The summed E-state index contributed by atoms with van der Waals surface area (Å²) in [7, 11) is 0. The molecule has 0 bridgehead atoms. The first-order valence-electron chi connectivity index (χ1n) is 4.94. The van der Waals surface area contributed by atoms with Gasteiger partial charge in [0.1, 0.15) is 5.75 Å². The van der Waals surface area contributed by atoms with Gasteiger partial charge in [-0.1, -0.05) is 30.3 Å². The molecule has 0 aliphatic carbocycles. The first-order valence-corrected chi connectivity index (χ1v) is 4.94. The molecule has 2 aromatic carbocycles. The van der Waals surface area contributed by atoms with Crippen LogP contribution in [-0.4, -0.2) is 10.2 Å². The number of aromatic hydroxyl groups is 1. The summed E-state index contributed by atoms with van der Waals surface area (Å²) in [5, 5.41) is 21.5. The Morgan fingerprint density at radius 1 is 1.00 bits per heavy atom. The monoisotopic (exact) mass is 202 g/mol. The highest BCUT2D eigenvalue weighted by Crippen LogP contribution is 2.33. The van der Waals surface area contributed by atoms with E-state index in [1.165, 1.54) is 0 Å². The lowest BCUT2D eigenvalue weighted by Crippen LogP contribution is -2.15. The quantitative estimate of drug-likeness (QED) is 0.746. The fourth-order valence-corrected chi connectivity index (χ4v) is 1.83. The van der Waals surface area contributed by atoms with Gasteiger partial charge in [0.2, 0.25) is 0 Å². The van der Waals surface area contributed by atoms with Crippen molar-refractivity contribution in [3.8, 4) is 5.75 Å². The maximum atomic E-state index is 10.0. The highest BCUT2D eigenvalue weighted by molar-refractivity contribution is 5.91. The molecule has 2 rings (SSSR count). The largest absolute Gasteiger partial charge is 0.507 e. The summed E-state index contributed by atoms with van der Waals surface area (Å²) in [5.41, 5.74) is -0.198. The van der Waals surface area contributed by atoms with Crippen molar-refractivity contribution in [2.24, 2.45) is 0 Å². The van der Waals surface area contributed by atoms with Gasteiger partial charge in [-0.15, -0.1) is 0 Å². The van der Waals surface area contributed by atoms with Gasteiger partial charge < -0.3 is 10.2 Å². The molecule has 78 valence electrons. The van der Waals surface area contributed by atoms with Crippen molar-refractivity contribution < 1.29 is 10.2 Å². The van der Waals surface area contributed by atoms with Crippen LogP contribution in [0.4, 0.5) is 0 Å². The molecule has 0 radical (unpaired) electrons. The van der Waals surface area contributed by atoms with Crippen molar-refractivity contribution >= 4 is 10.8 Å². The van der Waals surface area contributed by atoms with Crippen LogP contribution in [0, 0.1) is 0 Å². The van der Waals surface area contributed by atoms with Gasteiger partial charge in [-0.05, 0) is 30.9 Å². The number of hydrogen-bond donors (Lipinski definition) is 2. The van der Waals surface area contributed by atoms with Crippen LogP contribution in [0.25, 0.3) is 10.8 Å². The third kappa shape index (κ3) is 1.68. The second kappa shape index (κ2) is 3.24. The van der Waals surface area contributed by atoms with Crippen molar-refractivity contribution in [2.75, 3.05) is 0 Å². The molecule has 0 atom stereocenters. The molecule has 2 N–H and O–H groups in total. The maximum Gasteiger partial charge on any atom is 0.123 e. The van der Waals surface area contributed by atoms with E-state index in [0.717, 1.165) is 16.3 Å². The number of benzene rings is 2. The Balaban J connectivity index is 2.86. The Hall–Kier alpha value is -1.54. The number of aliphatic hydroxyl groups is 1. The summed E-state index contributed by atoms with van der Waals surface area (Å²) in [4.78, 5) is 0. The van der Waals surface area contributed by atoms with E-state index >= 15 is 0 Å². The molecule has 0 unspecified atom stereocenters. The van der Waals surface area contributed by atoms with Crippen LogP contribution in [0.2, 0.25) is 0 Å². The van der Waals surface area contributed by atoms with Crippen LogP contribution in [0.15, 0.2) is 36.4 Å². The number of fused-ring (bicyclic) bond motifs is 1. The summed E-state index contributed by atoms with van der Waals surface area (Å²) in [5.74, 6) is 0.213. The van der Waals surface area contributed by atoms with Gasteiger partial charge >= 0.3 is 0 Å². The van der Waals surface area contributed by atoms with Crippen molar-refractivity contribution in [3.63, 3.8) is 0 Å². The number of phenols is 1. The van der Waals surface area contributed by atoms with Crippen LogP contribution < -0.4 is 0 Å². The topological polar surface area (TPSA) is 40.5 Å².